The first-order valence-corrected chi connectivity index (χ1v) is 18.2. The maximum absolute atomic E-state index is 5.01. The molecule has 0 unspecified atom stereocenters. The molecule has 4 nitrogen and oxygen atoms in total. The summed E-state index contributed by atoms with van der Waals surface area (Å²) in [5, 5.41) is 1.23. The standard InChI is InChI=1S/C47H30N4S/c1-4-15-31(16-5-1)45-48-46(32-17-6-2-7-18-32)50-47(49-45)35-20-14-19-33(29-35)34-27-28-42-39(30-34)43-37-23-10-12-25-40(37)51(36-21-8-3-9-22-36)44(43)38-24-11-13-26-41(38)52-42/h1-30H. The van der Waals surface area contributed by atoms with Gasteiger partial charge in [-0.05, 0) is 59.2 Å². The minimum Gasteiger partial charge on any atom is -0.309 e. The van der Waals surface area contributed by atoms with Gasteiger partial charge in [-0.15, -0.1) is 0 Å². The third-order valence-corrected chi connectivity index (χ3v) is 10.8. The third kappa shape index (κ3) is 5.22. The third-order valence-electron chi connectivity index (χ3n) is 9.65. The highest BCUT2D eigenvalue weighted by atomic mass is 32.2. The van der Waals surface area contributed by atoms with Crippen LogP contribution < -0.4 is 0 Å². The van der Waals surface area contributed by atoms with Crippen molar-refractivity contribution in [1.82, 2.24) is 19.5 Å². The van der Waals surface area contributed by atoms with Crippen LogP contribution in [0.1, 0.15) is 0 Å². The average Bonchev–Trinajstić information content (AvgIpc) is 3.49. The molecule has 10 rings (SSSR count). The molecule has 2 aromatic heterocycles. The molecule has 52 heavy (non-hydrogen) atoms. The molecular weight excluding hydrogens is 653 g/mol. The maximum Gasteiger partial charge on any atom is 0.164 e. The number of benzene rings is 7. The van der Waals surface area contributed by atoms with Crippen molar-refractivity contribution < 1.29 is 0 Å². The molecule has 0 fully saturated rings. The predicted molar refractivity (Wildman–Crippen MR) is 213 cm³/mol. The summed E-state index contributed by atoms with van der Waals surface area (Å²) < 4.78 is 2.43. The van der Waals surface area contributed by atoms with E-state index in [-0.39, 0.29) is 0 Å². The second-order valence-electron chi connectivity index (χ2n) is 12.8. The van der Waals surface area contributed by atoms with Gasteiger partial charge >= 0.3 is 0 Å². The van der Waals surface area contributed by atoms with Crippen LogP contribution in [0, 0.1) is 0 Å². The van der Waals surface area contributed by atoms with Crippen LogP contribution >= 0.6 is 11.8 Å². The zero-order chi connectivity index (χ0) is 34.4. The topological polar surface area (TPSA) is 43.6 Å². The van der Waals surface area contributed by atoms with E-state index in [1.165, 1.54) is 43.1 Å². The Kier molecular flexibility index (Phi) is 7.36. The summed E-state index contributed by atoms with van der Waals surface area (Å²) in [6, 6.07) is 64.0. The van der Waals surface area contributed by atoms with Crippen molar-refractivity contribution in [3.05, 3.63) is 182 Å². The minimum absolute atomic E-state index is 0.642. The number of fused-ring (bicyclic) bond motifs is 7. The molecule has 0 atom stereocenters. The molecule has 0 saturated carbocycles. The van der Waals surface area contributed by atoms with E-state index in [1.54, 1.807) is 0 Å². The van der Waals surface area contributed by atoms with Gasteiger partial charge in [-0.1, -0.05) is 151 Å². The summed E-state index contributed by atoms with van der Waals surface area (Å²) in [4.78, 5) is 17.4. The maximum atomic E-state index is 5.01. The number of hydrogen-bond donors (Lipinski definition) is 0. The van der Waals surface area contributed by atoms with Gasteiger partial charge in [-0.3, -0.25) is 0 Å². The fraction of sp³-hybridized carbons (Fsp3) is 0. The van der Waals surface area contributed by atoms with Gasteiger partial charge in [0, 0.05) is 48.7 Å². The highest BCUT2D eigenvalue weighted by Crippen LogP contribution is 2.53. The van der Waals surface area contributed by atoms with Crippen LogP contribution in [0.15, 0.2) is 192 Å². The van der Waals surface area contributed by atoms with E-state index in [0.29, 0.717) is 17.5 Å². The van der Waals surface area contributed by atoms with Gasteiger partial charge in [-0.2, -0.15) is 0 Å². The van der Waals surface area contributed by atoms with Crippen LogP contribution in [-0.2, 0) is 0 Å². The Labute approximate surface area is 306 Å². The lowest BCUT2D eigenvalue weighted by molar-refractivity contribution is 1.07. The summed E-state index contributed by atoms with van der Waals surface area (Å²) in [6.07, 6.45) is 0. The van der Waals surface area contributed by atoms with E-state index in [1.807, 2.05) is 72.4 Å². The van der Waals surface area contributed by atoms with E-state index >= 15 is 0 Å². The summed E-state index contributed by atoms with van der Waals surface area (Å²) in [7, 11) is 0. The molecule has 3 heterocycles. The fourth-order valence-corrected chi connectivity index (χ4v) is 8.32. The Balaban J connectivity index is 1.16. The molecular formula is C47H30N4S. The van der Waals surface area contributed by atoms with Gasteiger partial charge in [-0.25, -0.2) is 15.0 Å². The average molecular weight is 683 g/mol. The molecule has 0 spiro atoms. The molecule has 1 aliphatic heterocycles. The molecule has 9 aromatic rings. The fourth-order valence-electron chi connectivity index (χ4n) is 7.25. The Hall–Kier alpha value is -6.56. The SMILES string of the molecule is c1ccc(-c2nc(-c3ccccc3)nc(-c3cccc(-c4ccc5c(c4)-c4c(n(-c6ccccc6)c6ccccc46)-c4ccccc4S5)c3)n2)cc1. The Morgan fingerprint density at radius 1 is 0.385 bits per heavy atom. The first-order valence-electron chi connectivity index (χ1n) is 17.4. The van der Waals surface area contributed by atoms with Crippen molar-refractivity contribution in [2.24, 2.45) is 0 Å². The van der Waals surface area contributed by atoms with Gasteiger partial charge in [0.1, 0.15) is 0 Å². The minimum atomic E-state index is 0.642. The quantitative estimate of drug-likeness (QED) is 0.181. The molecule has 1 aliphatic rings. The van der Waals surface area contributed by atoms with Crippen LogP contribution in [0.2, 0.25) is 0 Å². The van der Waals surface area contributed by atoms with E-state index in [4.69, 9.17) is 15.0 Å². The Morgan fingerprint density at radius 3 is 1.65 bits per heavy atom. The Bertz CT molecular complexity index is 2700. The lowest BCUT2D eigenvalue weighted by Gasteiger charge is -2.13. The van der Waals surface area contributed by atoms with Gasteiger partial charge in [0.05, 0.1) is 11.2 Å². The van der Waals surface area contributed by atoms with Crippen LogP contribution in [0.25, 0.3) is 84.3 Å². The molecule has 5 heteroatoms. The molecule has 0 amide bonds. The van der Waals surface area contributed by atoms with Crippen LogP contribution in [-0.4, -0.2) is 19.5 Å². The largest absolute Gasteiger partial charge is 0.309 e. The van der Waals surface area contributed by atoms with E-state index in [2.05, 4.69) is 126 Å². The van der Waals surface area contributed by atoms with Crippen LogP contribution in [0.3, 0.4) is 0 Å². The highest BCUT2D eigenvalue weighted by Gasteiger charge is 2.28. The van der Waals surface area contributed by atoms with Crippen molar-refractivity contribution in [3.63, 3.8) is 0 Å². The van der Waals surface area contributed by atoms with Crippen molar-refractivity contribution in [2.75, 3.05) is 0 Å². The molecule has 0 radical (unpaired) electrons. The molecule has 0 bridgehead atoms. The zero-order valence-electron chi connectivity index (χ0n) is 28.0. The van der Waals surface area contributed by atoms with Crippen LogP contribution in [0.4, 0.5) is 0 Å². The normalized spacial score (nSPS) is 11.8. The number of para-hydroxylation sites is 2. The van der Waals surface area contributed by atoms with Crippen molar-refractivity contribution >= 4 is 22.7 Å². The van der Waals surface area contributed by atoms with Gasteiger partial charge in [0.15, 0.2) is 17.5 Å². The summed E-state index contributed by atoms with van der Waals surface area (Å²) in [5.74, 6) is 1.95. The summed E-state index contributed by atoms with van der Waals surface area (Å²) in [6.45, 7) is 0. The predicted octanol–water partition coefficient (Wildman–Crippen LogP) is 12.3. The number of hydrogen-bond acceptors (Lipinski definition) is 4. The van der Waals surface area contributed by atoms with Crippen LogP contribution in [0.5, 0.6) is 0 Å². The lowest BCUT2D eigenvalue weighted by Crippen LogP contribution is -2.00. The molecule has 0 aliphatic carbocycles. The highest BCUT2D eigenvalue weighted by molar-refractivity contribution is 7.99. The Morgan fingerprint density at radius 2 is 0.923 bits per heavy atom. The van der Waals surface area contributed by atoms with E-state index in [9.17, 15) is 0 Å². The second-order valence-corrected chi connectivity index (χ2v) is 13.9. The lowest BCUT2D eigenvalue weighted by atomic mass is 9.94. The first kappa shape index (κ1) is 30.3. The number of aromatic nitrogens is 4. The van der Waals surface area contributed by atoms with Crippen molar-refractivity contribution in [1.29, 1.82) is 0 Å². The molecule has 7 aromatic carbocycles. The summed E-state index contributed by atoms with van der Waals surface area (Å²) >= 11 is 1.84. The van der Waals surface area contributed by atoms with Gasteiger partial charge in [0.25, 0.3) is 0 Å². The monoisotopic (exact) mass is 682 g/mol. The second kappa shape index (κ2) is 12.6. The molecule has 0 saturated heterocycles. The first-order chi connectivity index (χ1) is 25.8. The summed E-state index contributed by atoms with van der Waals surface area (Å²) in [5.41, 5.74) is 12.3. The number of rotatable bonds is 5. The van der Waals surface area contributed by atoms with Gasteiger partial charge in [0.2, 0.25) is 0 Å². The smallest absolute Gasteiger partial charge is 0.164 e. The molecule has 244 valence electrons. The zero-order valence-corrected chi connectivity index (χ0v) is 28.8. The van der Waals surface area contributed by atoms with Gasteiger partial charge < -0.3 is 4.57 Å². The van der Waals surface area contributed by atoms with Crippen molar-refractivity contribution in [3.8, 4) is 73.4 Å². The number of nitrogens with zero attached hydrogens (tertiary/aromatic N) is 4. The van der Waals surface area contributed by atoms with E-state index < -0.39 is 0 Å². The molecule has 0 N–H and O–H groups in total. The van der Waals surface area contributed by atoms with Crippen molar-refractivity contribution in [2.45, 2.75) is 9.79 Å². The van der Waals surface area contributed by atoms with E-state index in [0.717, 1.165) is 33.5 Å².